The molecular weight excluding hydrogens is 806 g/mol. The standard InChI is InChI=1S/C23H20FN3O3.C20H16FN3O.C3H5ClO2/c1-3-30-23(28)27-20-10-7-16(14-26-20)12-18-8-9-19(29-2)21(22(18)24)17-6-4-5-15(11-17)13-25;1-25-17-7-6-16(10-14-5-8-18(23)24-12-14)20(21)19(17)15-4-2-3-13(9-15)11-22;1-2-6-3(4)5/h4-11,14H,3,12H2,1-2H3,(H,26,27,28);2-9,12H,10H2,1H3,(H2,23,24);2H2,1H3. The highest BCUT2D eigenvalue weighted by atomic mass is 35.5. The lowest BCUT2D eigenvalue weighted by atomic mass is 9.96. The van der Waals surface area contributed by atoms with Gasteiger partial charge in [0, 0.05) is 36.8 Å². The quantitative estimate of drug-likeness (QED) is 0.118. The van der Waals surface area contributed by atoms with Crippen molar-refractivity contribution in [3.8, 4) is 45.9 Å². The van der Waals surface area contributed by atoms with Crippen LogP contribution in [0.5, 0.6) is 11.5 Å². The number of aromatic nitrogens is 2. The van der Waals surface area contributed by atoms with E-state index in [4.69, 9.17) is 42.1 Å². The number of nitrogens with one attached hydrogen (secondary N) is 1. The highest BCUT2D eigenvalue weighted by Gasteiger charge is 2.19. The molecule has 0 atom stereocenters. The van der Waals surface area contributed by atoms with Gasteiger partial charge in [-0.25, -0.2) is 28.3 Å². The molecule has 0 bridgehead atoms. The molecule has 0 aliphatic heterocycles. The number of anilines is 2. The molecule has 12 nitrogen and oxygen atoms in total. The molecule has 0 fully saturated rings. The van der Waals surface area contributed by atoms with Crippen LogP contribution in [0.3, 0.4) is 0 Å². The topological polar surface area (TPSA) is 182 Å². The van der Waals surface area contributed by atoms with Gasteiger partial charge in [-0.05, 0) is 95.8 Å². The minimum atomic E-state index is -0.738. The number of nitrogens with two attached hydrogens (primary N) is 1. The van der Waals surface area contributed by atoms with Crippen LogP contribution < -0.4 is 20.5 Å². The predicted octanol–water partition coefficient (Wildman–Crippen LogP) is 10.2. The molecule has 6 rings (SSSR count). The van der Waals surface area contributed by atoms with Crippen LogP contribution in [0.15, 0.2) is 109 Å². The monoisotopic (exact) mass is 846 g/mol. The van der Waals surface area contributed by atoms with E-state index in [-0.39, 0.29) is 12.4 Å². The average molecular weight is 847 g/mol. The average Bonchev–Trinajstić information content (AvgIpc) is 3.26. The third-order valence-electron chi connectivity index (χ3n) is 8.59. The second kappa shape index (κ2) is 23.1. The third kappa shape index (κ3) is 13.2. The van der Waals surface area contributed by atoms with Crippen molar-refractivity contribution < 1.29 is 37.3 Å². The van der Waals surface area contributed by atoms with E-state index < -0.39 is 17.3 Å². The Labute approximate surface area is 357 Å². The van der Waals surface area contributed by atoms with Crippen molar-refractivity contribution >= 4 is 34.8 Å². The summed E-state index contributed by atoms with van der Waals surface area (Å²) in [5, 5.41) is 20.7. The normalized spacial score (nSPS) is 9.98. The number of ether oxygens (including phenoxy) is 4. The van der Waals surface area contributed by atoms with Crippen molar-refractivity contribution in [2.24, 2.45) is 0 Å². The summed E-state index contributed by atoms with van der Waals surface area (Å²) in [5.74, 6) is 0.795. The summed E-state index contributed by atoms with van der Waals surface area (Å²) in [7, 11) is 2.97. The molecule has 4 aromatic carbocycles. The number of halogens is 3. The van der Waals surface area contributed by atoms with Gasteiger partial charge in [0.15, 0.2) is 0 Å². The number of nitrogen functional groups attached to an aromatic ring is 1. The maximum absolute atomic E-state index is 15.4. The number of carbonyl (C=O) groups is 2. The van der Waals surface area contributed by atoms with Crippen LogP contribution in [0.4, 0.5) is 30.0 Å². The van der Waals surface area contributed by atoms with Crippen LogP contribution in [0.25, 0.3) is 22.3 Å². The predicted molar refractivity (Wildman–Crippen MR) is 228 cm³/mol. The van der Waals surface area contributed by atoms with Gasteiger partial charge in [-0.1, -0.05) is 48.5 Å². The molecule has 0 saturated heterocycles. The van der Waals surface area contributed by atoms with Crippen LogP contribution >= 0.6 is 11.6 Å². The van der Waals surface area contributed by atoms with Crippen molar-refractivity contribution in [2.75, 3.05) is 38.5 Å². The third-order valence-corrected chi connectivity index (χ3v) is 8.70. The number of nitriles is 2. The van der Waals surface area contributed by atoms with E-state index in [1.807, 2.05) is 6.07 Å². The smallest absolute Gasteiger partial charge is 0.412 e. The molecule has 1 amide bonds. The molecular formula is C46H41ClF2N6O6. The molecule has 0 aliphatic carbocycles. The van der Waals surface area contributed by atoms with Crippen LogP contribution in [0, 0.1) is 34.3 Å². The summed E-state index contributed by atoms with van der Waals surface area (Å²) in [6.07, 6.45) is 3.31. The number of rotatable bonds is 11. The van der Waals surface area contributed by atoms with Crippen molar-refractivity contribution in [3.63, 3.8) is 0 Å². The SMILES string of the molecule is CCOC(=O)Cl.CCOC(=O)Nc1ccc(Cc2ccc(OC)c(-c3cccc(C#N)c3)c2F)cn1.COc1ccc(Cc2ccc(N)nc2)c(F)c1-c1cccc(C#N)c1. The van der Waals surface area contributed by atoms with Crippen molar-refractivity contribution in [2.45, 2.75) is 26.7 Å². The molecule has 0 saturated carbocycles. The minimum absolute atomic E-state index is 0.264. The van der Waals surface area contributed by atoms with E-state index in [0.717, 1.165) is 11.1 Å². The van der Waals surface area contributed by atoms with E-state index in [2.05, 4.69) is 32.2 Å². The van der Waals surface area contributed by atoms with Crippen molar-refractivity contribution in [3.05, 3.63) is 154 Å². The molecule has 15 heteroatoms. The Bertz CT molecular complexity index is 2530. The Morgan fingerprint density at radius 3 is 1.57 bits per heavy atom. The number of pyridine rings is 2. The molecule has 2 heterocycles. The zero-order valence-electron chi connectivity index (χ0n) is 33.7. The lowest BCUT2D eigenvalue weighted by Gasteiger charge is -2.14. The molecule has 2 aromatic heterocycles. The fourth-order valence-electron chi connectivity index (χ4n) is 5.81. The molecule has 0 radical (unpaired) electrons. The molecule has 312 valence electrons. The van der Waals surface area contributed by atoms with Gasteiger partial charge in [0.2, 0.25) is 0 Å². The number of amides is 1. The molecule has 6 aromatic rings. The molecule has 3 N–H and O–H groups in total. The maximum atomic E-state index is 15.4. The molecule has 0 unspecified atom stereocenters. The summed E-state index contributed by atoms with van der Waals surface area (Å²) >= 11 is 4.72. The van der Waals surface area contributed by atoms with Crippen LogP contribution in [-0.2, 0) is 22.3 Å². The van der Waals surface area contributed by atoms with Crippen LogP contribution in [0.2, 0.25) is 0 Å². The fraction of sp³-hybridized carbons (Fsp3) is 0.174. The number of carbonyl (C=O) groups excluding carboxylic acids is 2. The lowest BCUT2D eigenvalue weighted by Crippen LogP contribution is -2.14. The molecule has 61 heavy (non-hydrogen) atoms. The largest absolute Gasteiger partial charge is 0.496 e. The van der Waals surface area contributed by atoms with Crippen LogP contribution in [-0.4, -0.2) is 48.9 Å². The first-order valence-corrected chi connectivity index (χ1v) is 19.0. The van der Waals surface area contributed by atoms with E-state index in [0.29, 0.717) is 87.1 Å². The number of nitrogens with zero attached hydrogens (tertiary/aromatic N) is 4. The number of methoxy groups -OCH3 is 2. The first-order valence-electron chi connectivity index (χ1n) is 18.6. The Morgan fingerprint density at radius 1 is 0.705 bits per heavy atom. The van der Waals surface area contributed by atoms with Gasteiger partial charge in [-0.15, -0.1) is 0 Å². The summed E-state index contributed by atoms with van der Waals surface area (Å²) < 4.78 is 50.2. The summed E-state index contributed by atoms with van der Waals surface area (Å²) in [6.45, 7) is 4.02. The van der Waals surface area contributed by atoms with E-state index in [1.54, 1.807) is 117 Å². The lowest BCUT2D eigenvalue weighted by molar-refractivity contribution is 0.167. The summed E-state index contributed by atoms with van der Waals surface area (Å²) in [5.41, 5.74) is 10.2. The van der Waals surface area contributed by atoms with E-state index >= 15 is 8.78 Å². The van der Waals surface area contributed by atoms with Crippen molar-refractivity contribution in [1.82, 2.24) is 9.97 Å². The van der Waals surface area contributed by atoms with Gasteiger partial charge in [0.1, 0.15) is 34.8 Å². The van der Waals surface area contributed by atoms with Gasteiger partial charge in [0.05, 0.1) is 61.8 Å². The minimum Gasteiger partial charge on any atom is -0.496 e. The highest BCUT2D eigenvalue weighted by Crippen LogP contribution is 2.37. The summed E-state index contributed by atoms with van der Waals surface area (Å²) in [4.78, 5) is 29.2. The molecule has 0 spiro atoms. The van der Waals surface area contributed by atoms with Crippen molar-refractivity contribution in [1.29, 1.82) is 10.5 Å². The van der Waals surface area contributed by atoms with Gasteiger partial charge >= 0.3 is 11.5 Å². The maximum Gasteiger partial charge on any atom is 0.412 e. The first-order chi connectivity index (χ1) is 29.4. The fourth-order valence-corrected chi connectivity index (χ4v) is 5.92. The Hall–Kier alpha value is -7.55. The van der Waals surface area contributed by atoms with Crippen LogP contribution in [0.1, 0.15) is 47.2 Å². The Morgan fingerprint density at radius 2 is 1.20 bits per heavy atom. The first kappa shape index (κ1) is 46.1. The van der Waals surface area contributed by atoms with Gasteiger partial charge < -0.3 is 24.7 Å². The second-order valence-corrected chi connectivity index (χ2v) is 12.9. The van der Waals surface area contributed by atoms with Gasteiger partial charge in [-0.2, -0.15) is 10.5 Å². The number of hydrogen-bond donors (Lipinski definition) is 2. The Kier molecular flexibility index (Phi) is 17.5. The zero-order valence-corrected chi connectivity index (χ0v) is 34.4. The zero-order chi connectivity index (χ0) is 44.3. The van der Waals surface area contributed by atoms with E-state index in [1.165, 1.54) is 14.2 Å². The van der Waals surface area contributed by atoms with E-state index in [9.17, 15) is 9.59 Å². The Balaban J connectivity index is 0.000000240. The number of hydrogen-bond acceptors (Lipinski definition) is 11. The van der Waals surface area contributed by atoms with Gasteiger partial charge in [0.25, 0.3) is 0 Å². The highest BCUT2D eigenvalue weighted by molar-refractivity contribution is 6.61. The molecule has 0 aliphatic rings. The van der Waals surface area contributed by atoms with Gasteiger partial charge in [-0.3, -0.25) is 5.32 Å². The second-order valence-electron chi connectivity index (χ2n) is 12.6. The summed E-state index contributed by atoms with van der Waals surface area (Å²) in [6, 6.07) is 31.4. The number of benzene rings is 4.